The molecule has 0 unspecified atom stereocenters. The molecule has 0 radical (unpaired) electrons. The van der Waals surface area contributed by atoms with Gasteiger partial charge >= 0.3 is 0 Å². The zero-order valence-electron chi connectivity index (χ0n) is 13.5. The minimum absolute atomic E-state index is 0.303. The van der Waals surface area contributed by atoms with Crippen LogP contribution in [0.3, 0.4) is 0 Å². The van der Waals surface area contributed by atoms with Crippen LogP contribution in [0, 0.1) is 5.92 Å². The first-order valence-electron chi connectivity index (χ1n) is 8.39. The predicted octanol–water partition coefficient (Wildman–Crippen LogP) is 4.48. The molecular formula is C17H31NOS. The molecule has 3 heteroatoms. The van der Waals surface area contributed by atoms with Gasteiger partial charge in [-0.15, -0.1) is 0 Å². The van der Waals surface area contributed by atoms with Gasteiger partial charge in [-0.2, -0.15) is 11.8 Å². The van der Waals surface area contributed by atoms with Crippen LogP contribution in [-0.2, 0) is 4.79 Å². The third-order valence-electron chi connectivity index (χ3n) is 4.59. The summed E-state index contributed by atoms with van der Waals surface area (Å²) in [5.41, 5.74) is 0. The number of likely N-dealkylation sites (tertiary alicyclic amines) is 1. The molecule has 0 spiro atoms. The largest absolute Gasteiger partial charge is 0.339 e. The molecule has 1 saturated heterocycles. The maximum atomic E-state index is 12.6. The Morgan fingerprint density at radius 2 is 1.75 bits per heavy atom. The van der Waals surface area contributed by atoms with Gasteiger partial charge in [0.25, 0.3) is 0 Å². The lowest BCUT2D eigenvalue weighted by atomic mass is 9.99. The quantitative estimate of drug-likeness (QED) is 0.762. The lowest BCUT2D eigenvalue weighted by Crippen LogP contribution is -2.46. The van der Waals surface area contributed by atoms with Crippen molar-refractivity contribution in [2.24, 2.45) is 5.92 Å². The van der Waals surface area contributed by atoms with E-state index in [0.29, 0.717) is 22.6 Å². The highest BCUT2D eigenvalue weighted by Gasteiger charge is 2.29. The van der Waals surface area contributed by atoms with E-state index in [2.05, 4.69) is 25.7 Å². The number of rotatable bonds is 4. The normalized spacial score (nSPS) is 25.1. The van der Waals surface area contributed by atoms with E-state index in [9.17, 15) is 4.79 Å². The predicted molar refractivity (Wildman–Crippen MR) is 88.1 cm³/mol. The number of piperidine rings is 1. The molecule has 2 rings (SSSR count). The molecule has 0 N–H and O–H groups in total. The fraction of sp³-hybridized carbons (Fsp3) is 0.941. The summed E-state index contributed by atoms with van der Waals surface area (Å²) < 4.78 is 0.303. The first kappa shape index (κ1) is 16.2. The van der Waals surface area contributed by atoms with Crippen molar-refractivity contribution in [3.63, 3.8) is 0 Å². The summed E-state index contributed by atoms with van der Waals surface area (Å²) in [6.45, 7) is 7.81. The van der Waals surface area contributed by atoms with Crippen molar-refractivity contribution in [1.82, 2.24) is 4.90 Å². The van der Waals surface area contributed by atoms with Crippen LogP contribution >= 0.6 is 11.8 Å². The Morgan fingerprint density at radius 1 is 1.10 bits per heavy atom. The molecule has 116 valence electrons. The van der Waals surface area contributed by atoms with Crippen LogP contribution in [0.15, 0.2) is 0 Å². The highest BCUT2D eigenvalue weighted by Crippen LogP contribution is 2.31. The highest BCUT2D eigenvalue weighted by atomic mass is 32.2. The fourth-order valence-electron chi connectivity index (χ4n) is 3.43. The molecule has 0 aromatic rings. The minimum atomic E-state index is 0.303. The third kappa shape index (κ3) is 4.98. The molecule has 1 aliphatic carbocycles. The second-order valence-corrected chi connectivity index (χ2v) is 9.36. The lowest BCUT2D eigenvalue weighted by molar-refractivity contribution is -0.135. The molecule has 1 atom stereocenters. The van der Waals surface area contributed by atoms with E-state index in [1.165, 1.54) is 44.9 Å². The second-order valence-electron chi connectivity index (χ2n) is 7.51. The first-order chi connectivity index (χ1) is 9.46. The number of carbonyl (C=O) groups excluding carboxylic acids is 1. The van der Waals surface area contributed by atoms with E-state index >= 15 is 0 Å². The summed E-state index contributed by atoms with van der Waals surface area (Å²) in [6.07, 6.45) is 9.75. The van der Waals surface area contributed by atoms with Crippen LogP contribution in [0.1, 0.15) is 72.1 Å². The van der Waals surface area contributed by atoms with Crippen molar-refractivity contribution in [1.29, 1.82) is 0 Å². The molecule has 0 aromatic heterocycles. The zero-order chi connectivity index (χ0) is 14.6. The second kappa shape index (κ2) is 7.20. The van der Waals surface area contributed by atoms with E-state index in [1.807, 2.05) is 11.8 Å². The van der Waals surface area contributed by atoms with Crippen molar-refractivity contribution in [3.05, 3.63) is 0 Å². The average molecular weight is 298 g/mol. The van der Waals surface area contributed by atoms with Gasteiger partial charge in [0.05, 0.1) is 0 Å². The SMILES string of the molecule is CC(C)(C)SC[C@@H]1CCCCN1C(=O)CC1CCCC1. The number of nitrogens with zero attached hydrogens (tertiary/aromatic N) is 1. The molecule has 1 aliphatic heterocycles. The van der Waals surface area contributed by atoms with Crippen LogP contribution in [0.25, 0.3) is 0 Å². The Balaban J connectivity index is 1.86. The van der Waals surface area contributed by atoms with Gasteiger partial charge in [-0.05, 0) is 38.0 Å². The number of carbonyl (C=O) groups is 1. The van der Waals surface area contributed by atoms with Gasteiger partial charge in [0.1, 0.15) is 0 Å². The summed E-state index contributed by atoms with van der Waals surface area (Å²) in [5.74, 6) is 2.23. The molecule has 1 saturated carbocycles. The van der Waals surface area contributed by atoms with E-state index in [-0.39, 0.29) is 0 Å². The number of thioether (sulfide) groups is 1. The molecule has 0 bridgehead atoms. The summed E-state index contributed by atoms with van der Waals surface area (Å²) in [6, 6.07) is 0.488. The molecule has 2 nitrogen and oxygen atoms in total. The topological polar surface area (TPSA) is 20.3 Å². The van der Waals surface area contributed by atoms with Crippen LogP contribution in [0.5, 0.6) is 0 Å². The summed E-state index contributed by atoms with van der Waals surface area (Å²) >= 11 is 2.01. The summed E-state index contributed by atoms with van der Waals surface area (Å²) in [5, 5.41) is 0. The van der Waals surface area contributed by atoms with E-state index in [0.717, 1.165) is 18.7 Å². The van der Waals surface area contributed by atoms with Crippen LogP contribution in [0.4, 0.5) is 0 Å². The Labute approximate surface area is 129 Å². The molecule has 2 fully saturated rings. The Morgan fingerprint density at radius 3 is 2.40 bits per heavy atom. The van der Waals surface area contributed by atoms with Crippen molar-refractivity contribution in [3.8, 4) is 0 Å². The van der Waals surface area contributed by atoms with Gasteiger partial charge in [-0.1, -0.05) is 33.6 Å². The highest BCUT2D eigenvalue weighted by molar-refractivity contribution is 8.00. The summed E-state index contributed by atoms with van der Waals surface area (Å²) in [7, 11) is 0. The van der Waals surface area contributed by atoms with E-state index < -0.39 is 0 Å². The minimum Gasteiger partial charge on any atom is -0.339 e. The molecule has 1 amide bonds. The maximum absolute atomic E-state index is 12.6. The average Bonchev–Trinajstić information content (AvgIpc) is 2.88. The van der Waals surface area contributed by atoms with Crippen molar-refractivity contribution in [2.45, 2.75) is 82.9 Å². The van der Waals surface area contributed by atoms with Crippen molar-refractivity contribution in [2.75, 3.05) is 12.3 Å². The van der Waals surface area contributed by atoms with Crippen LogP contribution < -0.4 is 0 Å². The Bertz CT molecular complexity index is 317. The Hall–Kier alpha value is -0.180. The van der Waals surface area contributed by atoms with Gasteiger partial charge in [0, 0.05) is 29.5 Å². The molecule has 20 heavy (non-hydrogen) atoms. The molecule has 1 heterocycles. The van der Waals surface area contributed by atoms with Gasteiger partial charge in [-0.3, -0.25) is 4.79 Å². The standard InChI is InChI=1S/C17H31NOS/c1-17(2,3)20-13-15-10-6-7-11-18(15)16(19)12-14-8-4-5-9-14/h14-15H,4-13H2,1-3H3/t15-/m0/s1. The summed E-state index contributed by atoms with van der Waals surface area (Å²) in [4.78, 5) is 14.8. The van der Waals surface area contributed by atoms with Crippen molar-refractivity contribution < 1.29 is 4.79 Å². The number of hydrogen-bond acceptors (Lipinski definition) is 2. The van der Waals surface area contributed by atoms with Crippen LogP contribution in [-0.4, -0.2) is 33.9 Å². The van der Waals surface area contributed by atoms with Crippen molar-refractivity contribution >= 4 is 17.7 Å². The lowest BCUT2D eigenvalue weighted by Gasteiger charge is -2.37. The molecular weight excluding hydrogens is 266 g/mol. The molecule has 2 aliphatic rings. The third-order valence-corrected chi connectivity index (χ3v) is 6.01. The number of hydrogen-bond donors (Lipinski definition) is 0. The van der Waals surface area contributed by atoms with Gasteiger partial charge in [0.2, 0.25) is 5.91 Å². The van der Waals surface area contributed by atoms with Gasteiger partial charge in [-0.25, -0.2) is 0 Å². The van der Waals surface area contributed by atoms with E-state index in [1.54, 1.807) is 0 Å². The monoisotopic (exact) mass is 297 g/mol. The van der Waals surface area contributed by atoms with E-state index in [4.69, 9.17) is 0 Å². The maximum Gasteiger partial charge on any atom is 0.223 e. The van der Waals surface area contributed by atoms with Gasteiger partial charge < -0.3 is 4.90 Å². The number of amides is 1. The smallest absolute Gasteiger partial charge is 0.223 e. The van der Waals surface area contributed by atoms with Crippen LogP contribution in [0.2, 0.25) is 0 Å². The Kier molecular flexibility index (Phi) is 5.83. The first-order valence-corrected chi connectivity index (χ1v) is 9.38. The zero-order valence-corrected chi connectivity index (χ0v) is 14.3. The van der Waals surface area contributed by atoms with Gasteiger partial charge in [0.15, 0.2) is 0 Å². The fourth-order valence-corrected chi connectivity index (χ4v) is 4.47. The molecule has 0 aromatic carbocycles.